The van der Waals surface area contributed by atoms with Crippen molar-refractivity contribution < 1.29 is 18.7 Å². The number of rotatable bonds is 6. The summed E-state index contributed by atoms with van der Waals surface area (Å²) in [6.07, 6.45) is 0. The summed E-state index contributed by atoms with van der Waals surface area (Å²) in [4.78, 5) is 25.4. The fourth-order valence-electron chi connectivity index (χ4n) is 2.37. The maximum atomic E-state index is 12.4. The van der Waals surface area contributed by atoms with Gasteiger partial charge in [0.15, 0.2) is 12.4 Å². The molecule has 6 nitrogen and oxygen atoms in total. The SMILES string of the molecule is CN(C)C(=O)COc1ccc(NC(=O)c2ccc(-c3ccccc3Cl)o2)cc1. The molecule has 28 heavy (non-hydrogen) atoms. The van der Waals surface area contributed by atoms with Gasteiger partial charge in [-0.25, -0.2) is 0 Å². The van der Waals surface area contributed by atoms with Gasteiger partial charge in [-0.15, -0.1) is 0 Å². The minimum atomic E-state index is -0.380. The molecule has 1 N–H and O–H groups in total. The fraction of sp³-hybridized carbons (Fsp3) is 0.143. The van der Waals surface area contributed by atoms with Gasteiger partial charge in [-0.2, -0.15) is 0 Å². The average molecular weight is 399 g/mol. The number of benzene rings is 2. The molecule has 144 valence electrons. The smallest absolute Gasteiger partial charge is 0.291 e. The first kappa shape index (κ1) is 19.5. The Bertz CT molecular complexity index is 980. The summed E-state index contributed by atoms with van der Waals surface area (Å²) in [6.45, 7) is -0.0457. The second-order valence-electron chi connectivity index (χ2n) is 6.20. The number of carbonyl (C=O) groups is 2. The number of amides is 2. The van der Waals surface area contributed by atoms with Crippen molar-refractivity contribution in [3.8, 4) is 17.1 Å². The molecule has 0 aliphatic rings. The summed E-state index contributed by atoms with van der Waals surface area (Å²) < 4.78 is 11.0. The molecule has 0 aliphatic heterocycles. The number of hydrogen-bond donors (Lipinski definition) is 1. The third-order valence-electron chi connectivity index (χ3n) is 3.94. The molecule has 1 heterocycles. The second-order valence-corrected chi connectivity index (χ2v) is 6.61. The lowest BCUT2D eigenvalue weighted by atomic mass is 10.2. The third-order valence-corrected chi connectivity index (χ3v) is 4.27. The van der Waals surface area contributed by atoms with Crippen molar-refractivity contribution in [1.29, 1.82) is 0 Å². The van der Waals surface area contributed by atoms with Gasteiger partial charge in [-0.05, 0) is 48.5 Å². The summed E-state index contributed by atoms with van der Waals surface area (Å²) in [5.41, 5.74) is 1.30. The van der Waals surface area contributed by atoms with E-state index in [0.717, 1.165) is 5.56 Å². The van der Waals surface area contributed by atoms with E-state index in [1.807, 2.05) is 18.2 Å². The molecule has 0 spiro atoms. The number of likely N-dealkylation sites (N-methyl/N-ethyl adjacent to an activating group) is 1. The van der Waals surface area contributed by atoms with Gasteiger partial charge in [-0.3, -0.25) is 9.59 Å². The van der Waals surface area contributed by atoms with Crippen LogP contribution in [0.2, 0.25) is 5.02 Å². The molecule has 1 aromatic heterocycles. The van der Waals surface area contributed by atoms with Crippen LogP contribution in [0.5, 0.6) is 5.75 Å². The summed E-state index contributed by atoms with van der Waals surface area (Å²) >= 11 is 6.16. The molecule has 0 atom stereocenters. The highest BCUT2D eigenvalue weighted by Gasteiger charge is 2.14. The first-order valence-electron chi connectivity index (χ1n) is 8.53. The van der Waals surface area contributed by atoms with E-state index in [0.29, 0.717) is 22.2 Å². The number of halogens is 1. The number of carbonyl (C=O) groups excluding carboxylic acids is 2. The highest BCUT2D eigenvalue weighted by Crippen LogP contribution is 2.29. The van der Waals surface area contributed by atoms with Gasteiger partial charge in [0.25, 0.3) is 11.8 Å². The molecule has 2 aromatic carbocycles. The van der Waals surface area contributed by atoms with Crippen LogP contribution in [0.1, 0.15) is 10.6 Å². The van der Waals surface area contributed by atoms with E-state index in [1.54, 1.807) is 56.6 Å². The van der Waals surface area contributed by atoms with Crippen LogP contribution in [-0.4, -0.2) is 37.4 Å². The van der Waals surface area contributed by atoms with E-state index >= 15 is 0 Å². The molecule has 0 radical (unpaired) electrons. The van der Waals surface area contributed by atoms with Crippen molar-refractivity contribution >= 4 is 29.1 Å². The number of ether oxygens (including phenoxy) is 1. The van der Waals surface area contributed by atoms with E-state index in [4.69, 9.17) is 20.8 Å². The molecule has 3 aromatic rings. The lowest BCUT2D eigenvalue weighted by Crippen LogP contribution is -2.27. The topological polar surface area (TPSA) is 71.8 Å². The summed E-state index contributed by atoms with van der Waals surface area (Å²) in [5.74, 6) is 0.711. The maximum Gasteiger partial charge on any atom is 0.291 e. The number of nitrogens with one attached hydrogen (secondary N) is 1. The Morgan fingerprint density at radius 3 is 2.43 bits per heavy atom. The van der Waals surface area contributed by atoms with E-state index in [9.17, 15) is 9.59 Å². The Labute approximate surface area is 167 Å². The van der Waals surface area contributed by atoms with Crippen LogP contribution in [0.3, 0.4) is 0 Å². The van der Waals surface area contributed by atoms with Crippen LogP contribution in [0.25, 0.3) is 11.3 Å². The van der Waals surface area contributed by atoms with Crippen molar-refractivity contribution in [3.05, 3.63) is 71.4 Å². The molecule has 0 bridgehead atoms. The molecule has 0 saturated carbocycles. The van der Waals surface area contributed by atoms with Crippen LogP contribution in [0.15, 0.2) is 65.1 Å². The number of anilines is 1. The van der Waals surface area contributed by atoms with Crippen LogP contribution in [0, 0.1) is 0 Å². The zero-order valence-electron chi connectivity index (χ0n) is 15.4. The summed E-state index contributed by atoms with van der Waals surface area (Å²) in [6, 6.07) is 17.3. The van der Waals surface area contributed by atoms with Crippen molar-refractivity contribution in [2.75, 3.05) is 26.0 Å². The Kier molecular flexibility index (Phi) is 6.01. The first-order valence-corrected chi connectivity index (χ1v) is 8.91. The van der Waals surface area contributed by atoms with Gasteiger partial charge in [0.1, 0.15) is 11.5 Å². The normalized spacial score (nSPS) is 10.4. The Morgan fingerprint density at radius 2 is 1.75 bits per heavy atom. The van der Waals surface area contributed by atoms with Gasteiger partial charge < -0.3 is 19.4 Å². The molecule has 0 aliphatic carbocycles. The van der Waals surface area contributed by atoms with Crippen molar-refractivity contribution in [2.24, 2.45) is 0 Å². The van der Waals surface area contributed by atoms with E-state index < -0.39 is 0 Å². The van der Waals surface area contributed by atoms with Gasteiger partial charge in [-0.1, -0.05) is 23.7 Å². The van der Waals surface area contributed by atoms with Gasteiger partial charge in [0.2, 0.25) is 0 Å². The molecule has 0 unspecified atom stereocenters. The molecule has 3 rings (SSSR count). The van der Waals surface area contributed by atoms with Gasteiger partial charge in [0.05, 0.1) is 5.02 Å². The average Bonchev–Trinajstić information content (AvgIpc) is 3.17. The maximum absolute atomic E-state index is 12.4. The minimum Gasteiger partial charge on any atom is -0.484 e. The first-order chi connectivity index (χ1) is 13.4. The van der Waals surface area contributed by atoms with Crippen molar-refractivity contribution in [1.82, 2.24) is 4.90 Å². The van der Waals surface area contributed by atoms with Crippen LogP contribution >= 0.6 is 11.6 Å². The van der Waals surface area contributed by atoms with E-state index in [-0.39, 0.29) is 24.2 Å². The highest BCUT2D eigenvalue weighted by molar-refractivity contribution is 6.33. The number of furan rings is 1. The van der Waals surface area contributed by atoms with E-state index in [2.05, 4.69) is 5.32 Å². The lowest BCUT2D eigenvalue weighted by molar-refractivity contribution is -0.130. The summed E-state index contributed by atoms with van der Waals surface area (Å²) in [7, 11) is 3.33. The number of nitrogens with zero attached hydrogens (tertiary/aromatic N) is 1. The third kappa shape index (κ3) is 4.72. The van der Waals surface area contributed by atoms with Crippen molar-refractivity contribution in [2.45, 2.75) is 0 Å². The van der Waals surface area contributed by atoms with E-state index in [1.165, 1.54) is 4.90 Å². The molecule has 0 saturated heterocycles. The molecular formula is C21H19ClN2O4. The molecule has 7 heteroatoms. The number of hydrogen-bond acceptors (Lipinski definition) is 4. The summed E-state index contributed by atoms with van der Waals surface area (Å²) in [5, 5.41) is 3.30. The predicted octanol–water partition coefficient (Wildman–Crippen LogP) is 4.32. The highest BCUT2D eigenvalue weighted by atomic mass is 35.5. The lowest BCUT2D eigenvalue weighted by Gasteiger charge is -2.11. The Balaban J connectivity index is 1.62. The van der Waals surface area contributed by atoms with Crippen LogP contribution in [0.4, 0.5) is 5.69 Å². The standard InChI is InChI=1S/C21H19ClN2O4/c1-24(2)20(25)13-27-15-9-7-14(8-10-15)23-21(26)19-12-11-18(28-19)16-5-3-4-6-17(16)22/h3-12H,13H2,1-2H3,(H,23,26). The zero-order valence-corrected chi connectivity index (χ0v) is 16.2. The zero-order chi connectivity index (χ0) is 20.1. The largest absolute Gasteiger partial charge is 0.484 e. The van der Waals surface area contributed by atoms with Crippen LogP contribution < -0.4 is 10.1 Å². The van der Waals surface area contributed by atoms with Gasteiger partial charge in [0, 0.05) is 25.3 Å². The minimum absolute atomic E-state index is 0.0457. The van der Waals surface area contributed by atoms with Crippen LogP contribution in [-0.2, 0) is 4.79 Å². The monoisotopic (exact) mass is 398 g/mol. The Hall–Kier alpha value is -3.25. The molecule has 2 amide bonds. The molecule has 0 fully saturated rings. The Morgan fingerprint density at radius 1 is 1.04 bits per heavy atom. The molecular weight excluding hydrogens is 380 g/mol. The van der Waals surface area contributed by atoms with Crippen molar-refractivity contribution in [3.63, 3.8) is 0 Å². The fourth-order valence-corrected chi connectivity index (χ4v) is 2.60. The van der Waals surface area contributed by atoms with Gasteiger partial charge >= 0.3 is 0 Å². The second kappa shape index (κ2) is 8.63. The predicted molar refractivity (Wildman–Crippen MR) is 108 cm³/mol. The quantitative estimate of drug-likeness (QED) is 0.671.